The van der Waals surface area contributed by atoms with Gasteiger partial charge in [0.25, 0.3) is 0 Å². The first-order valence-corrected chi connectivity index (χ1v) is 11.3. The number of ether oxygens (including phenoxy) is 5. The largest absolute Gasteiger partial charge is 0.479 e. The smallest absolute Gasteiger partial charge is 0.332 e. The third kappa shape index (κ3) is 5.51. The van der Waals surface area contributed by atoms with E-state index in [4.69, 9.17) is 35.3 Å². The monoisotopic (exact) mass is 491 g/mol. The van der Waals surface area contributed by atoms with E-state index in [-0.39, 0.29) is 12.5 Å². The normalized spacial score (nSPS) is 29.5. The molecule has 2 heterocycles. The number of para-hydroxylation sites is 1. The Kier molecular flexibility index (Phi) is 7.70. The Bertz CT molecular complexity index is 1010. The van der Waals surface area contributed by atoms with Crippen LogP contribution in [0.15, 0.2) is 54.6 Å². The van der Waals surface area contributed by atoms with Crippen molar-refractivity contribution in [2.24, 2.45) is 0 Å². The van der Waals surface area contributed by atoms with E-state index in [1.807, 2.05) is 30.3 Å². The number of carbonyl (C=O) groups is 2. The Morgan fingerprint density at radius 2 is 1.82 bits per heavy atom. The average molecular weight is 492 g/mol. The highest BCUT2D eigenvalue weighted by Gasteiger charge is 2.53. The van der Waals surface area contributed by atoms with E-state index in [0.29, 0.717) is 10.8 Å². The molecule has 0 saturated carbocycles. The molecule has 2 aromatic carbocycles. The van der Waals surface area contributed by atoms with Gasteiger partial charge in [0.1, 0.15) is 30.1 Å². The zero-order valence-electron chi connectivity index (χ0n) is 18.6. The van der Waals surface area contributed by atoms with Gasteiger partial charge in [0.2, 0.25) is 12.2 Å². The highest BCUT2D eigenvalue weighted by atomic mass is 35.5. The van der Waals surface area contributed by atoms with Crippen LogP contribution in [0.3, 0.4) is 0 Å². The van der Waals surface area contributed by atoms with Crippen LogP contribution in [0, 0.1) is 0 Å². The Balaban J connectivity index is 1.66. The molecule has 2 N–H and O–H groups in total. The first kappa shape index (κ1) is 24.4. The molecule has 2 aromatic rings. The Morgan fingerprint density at radius 3 is 2.50 bits per heavy atom. The van der Waals surface area contributed by atoms with Crippen molar-refractivity contribution < 1.29 is 38.4 Å². The Hall–Kier alpha value is -2.69. The molecule has 9 nitrogen and oxygen atoms in total. The molecule has 10 heteroatoms. The maximum Gasteiger partial charge on any atom is 0.332 e. The maximum atomic E-state index is 12.1. The standard InChI is InChI=1S/C24H26ClNO8/c1-13(22(28)29)31-21-19(26-14(2)27)24(32-17-11-7-6-10-16(17)25)33-18-12-30-23(34-20(18)21)15-8-4-3-5-9-15/h3-11,13,18-21,23-24H,12H2,1-2H3,(H,26,27)(H,28,29). The van der Waals surface area contributed by atoms with Crippen LogP contribution >= 0.6 is 11.6 Å². The first-order chi connectivity index (χ1) is 16.3. The molecule has 0 spiro atoms. The molecule has 0 aliphatic carbocycles. The molecule has 0 bridgehead atoms. The van der Waals surface area contributed by atoms with Crippen molar-refractivity contribution in [2.45, 2.75) is 56.9 Å². The van der Waals surface area contributed by atoms with Gasteiger partial charge >= 0.3 is 5.97 Å². The molecule has 1 amide bonds. The van der Waals surface area contributed by atoms with E-state index in [1.165, 1.54) is 13.8 Å². The average Bonchev–Trinajstić information content (AvgIpc) is 2.82. The minimum absolute atomic E-state index is 0.140. The van der Waals surface area contributed by atoms with Crippen LogP contribution in [0.5, 0.6) is 5.75 Å². The second kappa shape index (κ2) is 10.7. The summed E-state index contributed by atoms with van der Waals surface area (Å²) in [5, 5.41) is 12.6. The van der Waals surface area contributed by atoms with Gasteiger partial charge in [-0.3, -0.25) is 4.79 Å². The fourth-order valence-corrected chi connectivity index (χ4v) is 4.14. The van der Waals surface area contributed by atoms with E-state index in [1.54, 1.807) is 24.3 Å². The minimum atomic E-state index is -1.18. The minimum Gasteiger partial charge on any atom is -0.479 e. The number of nitrogens with one attached hydrogen (secondary N) is 1. The van der Waals surface area contributed by atoms with Crippen molar-refractivity contribution in [1.29, 1.82) is 0 Å². The molecule has 2 aliphatic heterocycles. The summed E-state index contributed by atoms with van der Waals surface area (Å²) < 4.78 is 30.2. The van der Waals surface area contributed by atoms with E-state index in [0.717, 1.165) is 5.56 Å². The summed E-state index contributed by atoms with van der Waals surface area (Å²) in [7, 11) is 0. The van der Waals surface area contributed by atoms with Crippen LogP contribution in [-0.2, 0) is 28.5 Å². The lowest BCUT2D eigenvalue weighted by atomic mass is 9.95. The number of carbonyl (C=O) groups excluding carboxylic acids is 1. The maximum absolute atomic E-state index is 12.1. The second-order valence-corrected chi connectivity index (χ2v) is 8.48. The number of carboxylic acid groups (broad SMARTS) is 1. The predicted octanol–water partition coefficient (Wildman–Crippen LogP) is 2.92. The van der Waals surface area contributed by atoms with E-state index < -0.39 is 49.0 Å². The van der Waals surface area contributed by atoms with Gasteiger partial charge < -0.3 is 34.1 Å². The van der Waals surface area contributed by atoms with Gasteiger partial charge in [0, 0.05) is 12.5 Å². The number of fused-ring (bicyclic) bond motifs is 1. The van der Waals surface area contributed by atoms with E-state index >= 15 is 0 Å². The Labute approximate surface area is 201 Å². The van der Waals surface area contributed by atoms with Crippen LogP contribution in [0.25, 0.3) is 0 Å². The molecule has 7 unspecified atom stereocenters. The number of halogens is 1. The Morgan fingerprint density at radius 1 is 1.12 bits per heavy atom. The fourth-order valence-electron chi connectivity index (χ4n) is 3.96. The highest BCUT2D eigenvalue weighted by Crippen LogP contribution is 2.37. The highest BCUT2D eigenvalue weighted by molar-refractivity contribution is 6.32. The summed E-state index contributed by atoms with van der Waals surface area (Å²) in [6.45, 7) is 2.89. The molecule has 2 aliphatic rings. The summed E-state index contributed by atoms with van der Waals surface area (Å²) in [5.74, 6) is -1.18. The molecule has 4 rings (SSSR count). The van der Waals surface area contributed by atoms with Gasteiger partial charge in [-0.2, -0.15) is 0 Å². The zero-order valence-corrected chi connectivity index (χ0v) is 19.4. The summed E-state index contributed by atoms with van der Waals surface area (Å²) in [4.78, 5) is 23.7. The number of carboxylic acids is 1. The molecule has 182 valence electrons. The first-order valence-electron chi connectivity index (χ1n) is 10.9. The number of rotatable bonds is 7. The van der Waals surface area contributed by atoms with E-state index in [2.05, 4.69) is 5.32 Å². The van der Waals surface area contributed by atoms with Gasteiger partial charge in [-0.15, -0.1) is 0 Å². The van der Waals surface area contributed by atoms with Crippen molar-refractivity contribution in [3.63, 3.8) is 0 Å². The lowest BCUT2D eigenvalue weighted by Crippen LogP contribution is -2.68. The quantitative estimate of drug-likeness (QED) is 0.608. The van der Waals surface area contributed by atoms with Gasteiger partial charge in [0.15, 0.2) is 12.4 Å². The number of hydrogen-bond acceptors (Lipinski definition) is 7. The topological polar surface area (TPSA) is 113 Å². The van der Waals surface area contributed by atoms with Crippen LogP contribution in [0.2, 0.25) is 5.02 Å². The third-order valence-corrected chi connectivity index (χ3v) is 5.88. The molecule has 2 fully saturated rings. The van der Waals surface area contributed by atoms with Crippen molar-refractivity contribution in [3.05, 3.63) is 65.2 Å². The van der Waals surface area contributed by atoms with Gasteiger partial charge in [-0.05, 0) is 19.1 Å². The van der Waals surface area contributed by atoms with Gasteiger partial charge in [0.05, 0.1) is 11.6 Å². The lowest BCUT2D eigenvalue weighted by Gasteiger charge is -2.49. The summed E-state index contributed by atoms with van der Waals surface area (Å²) in [6, 6.07) is 15.3. The number of benzene rings is 2. The lowest BCUT2D eigenvalue weighted by molar-refractivity contribution is -0.340. The van der Waals surface area contributed by atoms with Crippen molar-refractivity contribution in [2.75, 3.05) is 6.61 Å². The third-order valence-electron chi connectivity index (χ3n) is 5.57. The molecular formula is C24H26ClNO8. The van der Waals surface area contributed by atoms with Crippen molar-refractivity contribution >= 4 is 23.5 Å². The van der Waals surface area contributed by atoms with Gasteiger partial charge in [-0.25, -0.2) is 4.79 Å². The van der Waals surface area contributed by atoms with Crippen molar-refractivity contribution in [3.8, 4) is 5.75 Å². The second-order valence-electron chi connectivity index (χ2n) is 8.08. The molecule has 0 aromatic heterocycles. The van der Waals surface area contributed by atoms with Crippen LogP contribution in [-0.4, -0.2) is 60.3 Å². The summed E-state index contributed by atoms with van der Waals surface area (Å²) in [6.07, 6.45) is -5.25. The fraction of sp³-hybridized carbons (Fsp3) is 0.417. The summed E-state index contributed by atoms with van der Waals surface area (Å²) >= 11 is 6.26. The van der Waals surface area contributed by atoms with Crippen LogP contribution in [0.4, 0.5) is 0 Å². The van der Waals surface area contributed by atoms with Crippen LogP contribution < -0.4 is 10.1 Å². The molecule has 0 radical (unpaired) electrons. The number of aliphatic carboxylic acids is 1. The summed E-state index contributed by atoms with van der Waals surface area (Å²) in [5.41, 5.74) is 0.788. The van der Waals surface area contributed by atoms with Crippen LogP contribution in [0.1, 0.15) is 25.7 Å². The molecule has 2 saturated heterocycles. The molecule has 7 atom stereocenters. The number of amides is 1. The predicted molar refractivity (Wildman–Crippen MR) is 120 cm³/mol. The number of hydrogen-bond donors (Lipinski definition) is 2. The zero-order chi connectivity index (χ0) is 24.2. The molecular weight excluding hydrogens is 466 g/mol. The SMILES string of the molecule is CC(=O)NC1C(Oc2ccccc2Cl)OC2COC(c3ccccc3)OC2C1OC(C)C(=O)O. The molecule has 34 heavy (non-hydrogen) atoms. The van der Waals surface area contributed by atoms with Gasteiger partial charge in [-0.1, -0.05) is 54.1 Å². The van der Waals surface area contributed by atoms with E-state index in [9.17, 15) is 14.7 Å². The van der Waals surface area contributed by atoms with Crippen molar-refractivity contribution in [1.82, 2.24) is 5.32 Å².